The quantitative estimate of drug-likeness (QED) is 0.825. The number of hydrogen-bond donors (Lipinski definition) is 0. The number of nitrogens with zero attached hydrogens (tertiary/aromatic N) is 2. The second kappa shape index (κ2) is 7.46. The highest BCUT2D eigenvalue weighted by Crippen LogP contribution is 2.28. The third-order valence-electron chi connectivity index (χ3n) is 5.49. The number of sulfonamides is 1. The molecule has 1 saturated carbocycles. The molecule has 1 amide bonds. The molecule has 2 fully saturated rings. The van der Waals surface area contributed by atoms with Crippen LogP contribution in [-0.2, 0) is 14.8 Å². The third kappa shape index (κ3) is 4.06. The number of carbonyl (C=O) groups excluding carboxylic acids is 1. The highest BCUT2D eigenvalue weighted by atomic mass is 32.2. The zero-order valence-electron chi connectivity index (χ0n) is 15.2. The van der Waals surface area contributed by atoms with Crippen molar-refractivity contribution in [1.29, 1.82) is 0 Å². The molecule has 1 aliphatic carbocycles. The van der Waals surface area contributed by atoms with E-state index >= 15 is 0 Å². The first-order valence-corrected chi connectivity index (χ1v) is 10.7. The van der Waals surface area contributed by atoms with E-state index in [0.717, 1.165) is 24.0 Å². The predicted molar refractivity (Wildman–Crippen MR) is 97.8 cm³/mol. The van der Waals surface area contributed by atoms with E-state index < -0.39 is 10.0 Å². The Morgan fingerprint density at radius 3 is 2.36 bits per heavy atom. The first kappa shape index (κ1) is 18.4. The summed E-state index contributed by atoms with van der Waals surface area (Å²) < 4.78 is 27.4. The van der Waals surface area contributed by atoms with Crippen LogP contribution in [0.25, 0.3) is 0 Å². The van der Waals surface area contributed by atoms with Gasteiger partial charge >= 0.3 is 0 Å². The van der Waals surface area contributed by atoms with Crippen LogP contribution in [0.5, 0.6) is 0 Å². The van der Waals surface area contributed by atoms with Gasteiger partial charge in [-0.1, -0.05) is 25.0 Å². The molecule has 0 N–H and O–H groups in total. The Morgan fingerprint density at radius 2 is 1.72 bits per heavy atom. The molecule has 0 spiro atoms. The van der Waals surface area contributed by atoms with Crippen LogP contribution < -0.4 is 0 Å². The summed E-state index contributed by atoms with van der Waals surface area (Å²) in [6, 6.07) is 5.51. The van der Waals surface area contributed by atoms with Crippen LogP contribution in [0, 0.1) is 19.8 Å². The SMILES string of the molecule is Cc1ccc(C)c(S(=O)(=O)N2CCN(C(=O)CC3CCCC3)CC2)c1. The average Bonchev–Trinajstić information content (AvgIpc) is 3.10. The largest absolute Gasteiger partial charge is 0.340 e. The van der Waals surface area contributed by atoms with E-state index in [4.69, 9.17) is 0 Å². The Labute approximate surface area is 151 Å². The van der Waals surface area contributed by atoms with E-state index in [0.29, 0.717) is 43.4 Å². The molecule has 1 aliphatic heterocycles. The minimum atomic E-state index is -3.49. The summed E-state index contributed by atoms with van der Waals surface area (Å²) in [6.45, 7) is 5.48. The van der Waals surface area contributed by atoms with Crippen molar-refractivity contribution in [2.24, 2.45) is 5.92 Å². The minimum absolute atomic E-state index is 0.190. The van der Waals surface area contributed by atoms with Gasteiger partial charge in [0.25, 0.3) is 0 Å². The van der Waals surface area contributed by atoms with Gasteiger partial charge in [0.1, 0.15) is 0 Å². The van der Waals surface area contributed by atoms with Gasteiger partial charge in [0.2, 0.25) is 15.9 Å². The number of carbonyl (C=O) groups is 1. The molecule has 1 heterocycles. The number of amides is 1. The first-order chi connectivity index (χ1) is 11.9. The molecule has 0 atom stereocenters. The van der Waals surface area contributed by atoms with Crippen LogP contribution in [0.2, 0.25) is 0 Å². The maximum Gasteiger partial charge on any atom is 0.243 e. The van der Waals surface area contributed by atoms with Gasteiger partial charge in [-0.2, -0.15) is 4.31 Å². The zero-order chi connectivity index (χ0) is 18.0. The fourth-order valence-electron chi connectivity index (χ4n) is 3.89. The lowest BCUT2D eigenvalue weighted by Gasteiger charge is -2.34. The van der Waals surface area contributed by atoms with Crippen molar-refractivity contribution in [3.05, 3.63) is 29.3 Å². The first-order valence-electron chi connectivity index (χ1n) is 9.23. The van der Waals surface area contributed by atoms with E-state index in [1.54, 1.807) is 6.07 Å². The van der Waals surface area contributed by atoms with Gasteiger partial charge in [-0.25, -0.2) is 8.42 Å². The van der Waals surface area contributed by atoms with Crippen molar-refractivity contribution in [3.63, 3.8) is 0 Å². The molecule has 138 valence electrons. The Kier molecular flexibility index (Phi) is 5.49. The Balaban J connectivity index is 1.63. The van der Waals surface area contributed by atoms with E-state index in [9.17, 15) is 13.2 Å². The lowest BCUT2D eigenvalue weighted by molar-refractivity contribution is -0.133. The molecular formula is C19H28N2O3S. The van der Waals surface area contributed by atoms with Crippen LogP contribution in [0.4, 0.5) is 0 Å². The monoisotopic (exact) mass is 364 g/mol. The standard InChI is InChI=1S/C19H28N2O3S/c1-15-7-8-16(2)18(13-15)25(23,24)21-11-9-20(10-12-21)19(22)14-17-5-3-4-6-17/h7-8,13,17H,3-6,9-12,14H2,1-2H3. The molecule has 0 radical (unpaired) electrons. The van der Waals surface area contributed by atoms with Crippen LogP contribution >= 0.6 is 0 Å². The van der Waals surface area contributed by atoms with Gasteiger partial charge < -0.3 is 4.90 Å². The molecule has 0 bridgehead atoms. The minimum Gasteiger partial charge on any atom is -0.340 e. The fourth-order valence-corrected chi connectivity index (χ4v) is 5.62. The number of piperazine rings is 1. The second-order valence-electron chi connectivity index (χ2n) is 7.41. The van der Waals surface area contributed by atoms with E-state index in [1.165, 1.54) is 17.1 Å². The average molecular weight is 365 g/mol. The molecule has 5 nitrogen and oxygen atoms in total. The molecule has 6 heteroatoms. The lowest BCUT2D eigenvalue weighted by atomic mass is 10.0. The van der Waals surface area contributed by atoms with Crippen molar-refractivity contribution >= 4 is 15.9 Å². The summed E-state index contributed by atoms with van der Waals surface area (Å²) >= 11 is 0. The van der Waals surface area contributed by atoms with Gasteiger partial charge in [0.15, 0.2) is 0 Å². The van der Waals surface area contributed by atoms with Crippen molar-refractivity contribution in [3.8, 4) is 0 Å². The summed E-state index contributed by atoms with van der Waals surface area (Å²) in [5.74, 6) is 0.722. The molecule has 0 aromatic heterocycles. The Hall–Kier alpha value is -1.40. The Morgan fingerprint density at radius 1 is 1.08 bits per heavy atom. The van der Waals surface area contributed by atoms with Gasteiger partial charge in [-0.05, 0) is 49.8 Å². The number of rotatable bonds is 4. The maximum absolute atomic E-state index is 12.9. The van der Waals surface area contributed by atoms with Gasteiger partial charge in [-0.15, -0.1) is 0 Å². The smallest absolute Gasteiger partial charge is 0.243 e. The highest BCUT2D eigenvalue weighted by Gasteiger charge is 2.31. The highest BCUT2D eigenvalue weighted by molar-refractivity contribution is 7.89. The van der Waals surface area contributed by atoms with Crippen molar-refractivity contribution in [2.75, 3.05) is 26.2 Å². The van der Waals surface area contributed by atoms with Gasteiger partial charge in [0.05, 0.1) is 4.90 Å². The Bertz CT molecular complexity index is 731. The van der Waals surface area contributed by atoms with E-state index in [-0.39, 0.29) is 5.91 Å². The van der Waals surface area contributed by atoms with Crippen molar-refractivity contribution in [2.45, 2.75) is 50.8 Å². The van der Waals surface area contributed by atoms with Gasteiger partial charge in [0, 0.05) is 32.6 Å². The summed E-state index contributed by atoms with van der Waals surface area (Å²) in [6.07, 6.45) is 5.42. The van der Waals surface area contributed by atoms with Crippen LogP contribution in [0.1, 0.15) is 43.2 Å². The zero-order valence-corrected chi connectivity index (χ0v) is 16.0. The molecular weight excluding hydrogens is 336 g/mol. The molecule has 0 unspecified atom stereocenters. The predicted octanol–water partition coefficient (Wildman–Crippen LogP) is 2.72. The molecule has 1 aromatic rings. The molecule has 1 aromatic carbocycles. The number of hydrogen-bond acceptors (Lipinski definition) is 3. The van der Waals surface area contributed by atoms with Crippen LogP contribution in [-0.4, -0.2) is 49.7 Å². The molecule has 3 rings (SSSR count). The topological polar surface area (TPSA) is 57.7 Å². The summed E-state index contributed by atoms with van der Waals surface area (Å²) in [7, 11) is -3.49. The van der Waals surface area contributed by atoms with Gasteiger partial charge in [-0.3, -0.25) is 4.79 Å². The van der Waals surface area contributed by atoms with E-state index in [2.05, 4.69) is 0 Å². The molecule has 25 heavy (non-hydrogen) atoms. The van der Waals surface area contributed by atoms with Crippen LogP contribution in [0.3, 0.4) is 0 Å². The lowest BCUT2D eigenvalue weighted by Crippen LogP contribution is -2.50. The summed E-state index contributed by atoms with van der Waals surface area (Å²) in [4.78, 5) is 14.7. The normalized spacial score (nSPS) is 20.2. The fraction of sp³-hybridized carbons (Fsp3) is 0.632. The third-order valence-corrected chi connectivity index (χ3v) is 7.53. The maximum atomic E-state index is 12.9. The molecule has 1 saturated heterocycles. The number of aryl methyl sites for hydroxylation is 2. The second-order valence-corrected chi connectivity index (χ2v) is 9.31. The van der Waals surface area contributed by atoms with Crippen molar-refractivity contribution in [1.82, 2.24) is 9.21 Å². The number of benzene rings is 1. The molecule has 2 aliphatic rings. The van der Waals surface area contributed by atoms with Crippen LogP contribution in [0.15, 0.2) is 23.1 Å². The summed E-state index contributed by atoms with van der Waals surface area (Å²) in [5.41, 5.74) is 1.71. The summed E-state index contributed by atoms with van der Waals surface area (Å²) in [5, 5.41) is 0. The van der Waals surface area contributed by atoms with E-state index in [1.807, 2.05) is 30.9 Å². The van der Waals surface area contributed by atoms with Crippen molar-refractivity contribution < 1.29 is 13.2 Å².